The smallest absolute Gasteiger partial charge is 0.255 e. The van der Waals surface area contributed by atoms with E-state index in [0.717, 1.165) is 43.9 Å². The maximum Gasteiger partial charge on any atom is 0.255 e. The van der Waals surface area contributed by atoms with Gasteiger partial charge in [0.2, 0.25) is 5.91 Å². The van der Waals surface area contributed by atoms with E-state index in [2.05, 4.69) is 22.2 Å². The van der Waals surface area contributed by atoms with Gasteiger partial charge in [0.25, 0.3) is 5.91 Å². The van der Waals surface area contributed by atoms with Gasteiger partial charge in [-0.2, -0.15) is 0 Å². The van der Waals surface area contributed by atoms with Gasteiger partial charge >= 0.3 is 0 Å². The van der Waals surface area contributed by atoms with Gasteiger partial charge in [-0.05, 0) is 36.4 Å². The van der Waals surface area contributed by atoms with Crippen molar-refractivity contribution in [3.05, 3.63) is 59.2 Å². The van der Waals surface area contributed by atoms with Gasteiger partial charge in [0, 0.05) is 51.4 Å². The fourth-order valence-corrected chi connectivity index (χ4v) is 4.67. The number of amides is 2. The van der Waals surface area contributed by atoms with Crippen LogP contribution in [0.4, 0.5) is 0 Å². The second-order valence-corrected chi connectivity index (χ2v) is 8.92. The van der Waals surface area contributed by atoms with E-state index in [0.29, 0.717) is 30.2 Å². The summed E-state index contributed by atoms with van der Waals surface area (Å²) in [6, 6.07) is 12.8. The molecule has 2 aliphatic heterocycles. The van der Waals surface area contributed by atoms with Crippen LogP contribution in [0.3, 0.4) is 0 Å². The van der Waals surface area contributed by atoms with Crippen LogP contribution in [0.25, 0.3) is 0 Å². The number of carbonyl (C=O) groups excluding carboxylic acids is 2. The first-order chi connectivity index (χ1) is 16.5. The normalized spacial score (nSPS) is 17.4. The fraction of sp³-hybridized carbons (Fsp3) is 0.462. The Kier molecular flexibility index (Phi) is 7.70. The number of hydrogen-bond acceptors (Lipinski definition) is 6. The molecule has 0 bridgehead atoms. The molecule has 34 heavy (non-hydrogen) atoms. The van der Waals surface area contributed by atoms with Crippen molar-refractivity contribution in [3.63, 3.8) is 0 Å². The Hall–Kier alpha value is -3.10. The van der Waals surface area contributed by atoms with E-state index in [9.17, 15) is 9.59 Å². The second-order valence-electron chi connectivity index (χ2n) is 8.92. The van der Waals surface area contributed by atoms with E-state index in [1.807, 2.05) is 42.5 Å². The van der Waals surface area contributed by atoms with Gasteiger partial charge in [-0.25, -0.2) is 0 Å². The molecule has 1 unspecified atom stereocenters. The summed E-state index contributed by atoms with van der Waals surface area (Å²) in [5.41, 5.74) is 2.52. The third-order valence-electron chi connectivity index (χ3n) is 6.74. The highest BCUT2D eigenvalue weighted by Gasteiger charge is 2.34. The van der Waals surface area contributed by atoms with Crippen molar-refractivity contribution in [1.29, 1.82) is 0 Å². The van der Waals surface area contributed by atoms with Gasteiger partial charge in [0.05, 0.1) is 26.7 Å². The zero-order chi connectivity index (χ0) is 24.1. The number of methoxy groups -OCH3 is 2. The maximum absolute atomic E-state index is 13.2. The minimum Gasteiger partial charge on any atom is -0.493 e. The summed E-state index contributed by atoms with van der Waals surface area (Å²) < 4.78 is 10.9. The van der Waals surface area contributed by atoms with E-state index in [-0.39, 0.29) is 18.2 Å². The lowest BCUT2D eigenvalue weighted by Crippen LogP contribution is -2.47. The van der Waals surface area contributed by atoms with Crippen molar-refractivity contribution < 1.29 is 19.1 Å². The summed E-state index contributed by atoms with van der Waals surface area (Å²) in [4.78, 5) is 32.7. The highest BCUT2D eigenvalue weighted by atomic mass is 16.5. The number of nitrogens with one attached hydrogen (secondary N) is 1. The SMILES string of the molecule is COc1ccc(C(CC(=O)NCCN2CCN(C)CC2)N2Cc3ccccc3C2=O)cc1OC. The zero-order valence-electron chi connectivity index (χ0n) is 20.3. The van der Waals surface area contributed by atoms with E-state index < -0.39 is 6.04 Å². The molecule has 1 saturated heterocycles. The third kappa shape index (κ3) is 5.34. The van der Waals surface area contributed by atoms with Crippen LogP contribution in [-0.4, -0.2) is 87.0 Å². The highest BCUT2D eigenvalue weighted by molar-refractivity contribution is 5.98. The Morgan fingerprint density at radius 1 is 1.03 bits per heavy atom. The van der Waals surface area contributed by atoms with Gasteiger partial charge < -0.3 is 24.6 Å². The van der Waals surface area contributed by atoms with Gasteiger partial charge in [0.1, 0.15) is 0 Å². The van der Waals surface area contributed by atoms with Crippen LogP contribution in [0.5, 0.6) is 11.5 Å². The standard InChI is InChI=1S/C26H34N4O4/c1-28-12-14-29(15-13-28)11-10-27-25(31)17-22(19-8-9-23(33-2)24(16-19)34-3)30-18-20-6-4-5-7-21(20)26(30)32/h4-9,16,22H,10-15,17-18H2,1-3H3,(H,27,31). The molecule has 2 aliphatic rings. The molecular formula is C26H34N4O4. The number of rotatable bonds is 9. The molecule has 2 amide bonds. The summed E-state index contributed by atoms with van der Waals surface area (Å²) in [6.45, 7) is 6.02. The summed E-state index contributed by atoms with van der Waals surface area (Å²) in [7, 11) is 5.30. The Bertz CT molecular complexity index is 1020. The first-order valence-corrected chi connectivity index (χ1v) is 11.8. The van der Waals surface area contributed by atoms with Crippen LogP contribution in [-0.2, 0) is 11.3 Å². The van der Waals surface area contributed by atoms with Crippen LogP contribution < -0.4 is 14.8 Å². The molecule has 2 aromatic carbocycles. The summed E-state index contributed by atoms with van der Waals surface area (Å²) >= 11 is 0. The molecule has 0 aromatic heterocycles. The molecular weight excluding hydrogens is 432 g/mol. The number of carbonyl (C=O) groups is 2. The summed E-state index contributed by atoms with van der Waals surface area (Å²) in [6.07, 6.45) is 0.179. The molecule has 0 radical (unpaired) electrons. The topological polar surface area (TPSA) is 74.4 Å². The predicted octanol–water partition coefficient (Wildman–Crippen LogP) is 2.15. The van der Waals surface area contributed by atoms with E-state index in [4.69, 9.17) is 9.47 Å². The average Bonchev–Trinajstić information content (AvgIpc) is 3.19. The summed E-state index contributed by atoms with van der Waals surface area (Å²) in [5.74, 6) is 1.06. The van der Waals surface area contributed by atoms with Gasteiger partial charge in [-0.1, -0.05) is 24.3 Å². The number of nitrogens with zero attached hydrogens (tertiary/aromatic N) is 3. The van der Waals surface area contributed by atoms with Gasteiger partial charge in [-0.3, -0.25) is 14.5 Å². The molecule has 2 heterocycles. The van der Waals surface area contributed by atoms with Crippen LogP contribution in [0.1, 0.15) is 33.9 Å². The number of likely N-dealkylation sites (N-methyl/N-ethyl adjacent to an activating group) is 1. The number of piperazine rings is 1. The third-order valence-corrected chi connectivity index (χ3v) is 6.74. The second kappa shape index (κ2) is 10.9. The predicted molar refractivity (Wildman–Crippen MR) is 130 cm³/mol. The first-order valence-electron chi connectivity index (χ1n) is 11.8. The first kappa shape index (κ1) is 24.0. The lowest BCUT2D eigenvalue weighted by atomic mass is 10.0. The van der Waals surface area contributed by atoms with Crippen LogP contribution >= 0.6 is 0 Å². The van der Waals surface area contributed by atoms with Crippen molar-refractivity contribution in [3.8, 4) is 11.5 Å². The Morgan fingerprint density at radius 3 is 2.47 bits per heavy atom. The highest BCUT2D eigenvalue weighted by Crippen LogP contribution is 2.37. The van der Waals surface area contributed by atoms with Crippen molar-refractivity contribution in [1.82, 2.24) is 20.0 Å². The van der Waals surface area contributed by atoms with E-state index in [1.54, 1.807) is 19.1 Å². The van der Waals surface area contributed by atoms with Gasteiger partial charge in [-0.15, -0.1) is 0 Å². The molecule has 1 atom stereocenters. The average molecular weight is 467 g/mol. The maximum atomic E-state index is 13.2. The van der Waals surface area contributed by atoms with Crippen LogP contribution in [0.15, 0.2) is 42.5 Å². The number of hydrogen-bond donors (Lipinski definition) is 1. The number of benzene rings is 2. The molecule has 8 heteroatoms. The van der Waals surface area contributed by atoms with Gasteiger partial charge in [0.15, 0.2) is 11.5 Å². The minimum atomic E-state index is -0.414. The van der Waals surface area contributed by atoms with Crippen LogP contribution in [0.2, 0.25) is 0 Å². The van der Waals surface area contributed by atoms with Crippen molar-refractivity contribution in [2.24, 2.45) is 0 Å². The van der Waals surface area contributed by atoms with Crippen LogP contribution in [0, 0.1) is 0 Å². The quantitative estimate of drug-likeness (QED) is 0.611. The fourth-order valence-electron chi connectivity index (χ4n) is 4.67. The molecule has 0 saturated carbocycles. The largest absolute Gasteiger partial charge is 0.493 e. The molecule has 8 nitrogen and oxygen atoms in total. The van der Waals surface area contributed by atoms with Crippen molar-refractivity contribution >= 4 is 11.8 Å². The molecule has 1 fully saturated rings. The lowest BCUT2D eigenvalue weighted by molar-refractivity contribution is -0.122. The number of fused-ring (bicyclic) bond motifs is 1. The summed E-state index contributed by atoms with van der Waals surface area (Å²) in [5, 5.41) is 3.06. The molecule has 182 valence electrons. The number of ether oxygens (including phenoxy) is 2. The van der Waals surface area contributed by atoms with Crippen molar-refractivity contribution in [2.75, 3.05) is 60.5 Å². The Morgan fingerprint density at radius 2 is 1.76 bits per heavy atom. The molecule has 1 N–H and O–H groups in total. The minimum absolute atomic E-state index is 0.0550. The monoisotopic (exact) mass is 466 g/mol. The van der Waals surface area contributed by atoms with E-state index >= 15 is 0 Å². The Labute approximate surface area is 201 Å². The zero-order valence-corrected chi connectivity index (χ0v) is 20.3. The van der Waals surface area contributed by atoms with E-state index in [1.165, 1.54) is 0 Å². The van der Waals surface area contributed by atoms with Crippen molar-refractivity contribution in [2.45, 2.75) is 19.0 Å². The Balaban J connectivity index is 1.48. The molecule has 0 aliphatic carbocycles. The molecule has 4 rings (SSSR count). The molecule has 2 aromatic rings. The molecule has 0 spiro atoms. The lowest BCUT2D eigenvalue weighted by Gasteiger charge is -2.32.